The van der Waals surface area contributed by atoms with E-state index in [4.69, 9.17) is 43.4 Å². The van der Waals surface area contributed by atoms with Crippen molar-refractivity contribution in [3.8, 4) is 49.4 Å². The van der Waals surface area contributed by atoms with Crippen LogP contribution in [-0.4, -0.2) is 124 Å². The molecule has 320 valence electrons. The summed E-state index contributed by atoms with van der Waals surface area (Å²) >= 11 is 0. The first-order valence-electron chi connectivity index (χ1n) is 21.5. The van der Waals surface area contributed by atoms with Crippen LogP contribution in [0.1, 0.15) is 162 Å². The summed E-state index contributed by atoms with van der Waals surface area (Å²) < 4.78 is 30.7. The van der Waals surface area contributed by atoms with Gasteiger partial charge >= 0.3 is 9.05 Å². The third-order valence-electron chi connectivity index (χ3n) is 13.9. The highest BCUT2D eigenvalue weighted by molar-refractivity contribution is 6.53. The highest BCUT2D eigenvalue weighted by Gasteiger charge is 2.61. The zero-order valence-electron chi connectivity index (χ0n) is 39.0. The fourth-order valence-electron chi connectivity index (χ4n) is 12.3. The Balaban J connectivity index is 1.89. The Hall–Kier alpha value is -1.86. The lowest BCUT2D eigenvalue weighted by Crippen LogP contribution is -2.69. The maximum atomic E-state index is 7.67. The van der Waals surface area contributed by atoms with E-state index < -0.39 is 9.05 Å². The molecule has 0 aromatic carbocycles. The molecule has 4 fully saturated rings. The van der Waals surface area contributed by atoms with Crippen molar-refractivity contribution in [3.05, 3.63) is 0 Å². The molecule has 8 nitrogen and oxygen atoms in total. The molecule has 4 heterocycles. The molecule has 0 N–H and O–H groups in total. The van der Waals surface area contributed by atoms with E-state index in [1.807, 2.05) is 0 Å². The number of terminal acetylenes is 4. The van der Waals surface area contributed by atoms with Gasteiger partial charge in [0, 0.05) is 44.3 Å². The first-order valence-corrected chi connectivity index (χ1v) is 23.1. The zero-order chi connectivity index (χ0) is 43.3. The van der Waals surface area contributed by atoms with E-state index in [2.05, 4.69) is 154 Å². The monoisotopic (exact) mass is 805 g/mol. The van der Waals surface area contributed by atoms with Crippen molar-refractivity contribution in [2.45, 2.75) is 231 Å². The van der Waals surface area contributed by atoms with Crippen LogP contribution in [0, 0.1) is 49.4 Å². The third kappa shape index (κ3) is 10.5. The Kier molecular flexibility index (Phi) is 13.9. The smallest absolute Gasteiger partial charge is 0.348 e. The summed E-state index contributed by atoms with van der Waals surface area (Å²) in [7, 11) is -4.04. The summed E-state index contributed by atoms with van der Waals surface area (Å²) in [5, 5.41) is 0. The molecule has 0 spiro atoms. The van der Waals surface area contributed by atoms with Crippen LogP contribution in [-0.2, 0) is 17.7 Å². The van der Waals surface area contributed by atoms with Gasteiger partial charge in [-0.3, -0.25) is 19.6 Å². The van der Waals surface area contributed by atoms with Gasteiger partial charge < -0.3 is 17.7 Å². The average Bonchev–Trinajstić information content (AvgIpc) is 2.98. The second-order valence-electron chi connectivity index (χ2n) is 22.8. The molecule has 0 amide bonds. The number of hydrogen-bond acceptors (Lipinski definition) is 8. The fourth-order valence-corrected chi connectivity index (χ4v) is 14.9. The van der Waals surface area contributed by atoms with Gasteiger partial charge in [0.15, 0.2) is 0 Å². The molecule has 4 aliphatic rings. The lowest BCUT2D eigenvalue weighted by Gasteiger charge is -2.58. The second kappa shape index (κ2) is 16.5. The summed E-state index contributed by atoms with van der Waals surface area (Å²) in [5.74, 6) is 11.7. The van der Waals surface area contributed by atoms with Crippen LogP contribution in [0.3, 0.4) is 0 Å². The van der Waals surface area contributed by atoms with Crippen molar-refractivity contribution >= 4 is 9.05 Å². The van der Waals surface area contributed by atoms with E-state index in [1.54, 1.807) is 0 Å². The summed E-state index contributed by atoms with van der Waals surface area (Å²) in [4.78, 5) is 9.76. The topological polar surface area (TPSA) is 49.9 Å². The van der Waals surface area contributed by atoms with Crippen molar-refractivity contribution < 1.29 is 17.7 Å². The van der Waals surface area contributed by atoms with Crippen molar-refractivity contribution in [1.29, 1.82) is 0 Å². The molecule has 0 saturated carbocycles. The van der Waals surface area contributed by atoms with Crippen LogP contribution in [0.5, 0.6) is 0 Å². The third-order valence-corrected chi connectivity index (χ3v) is 16.4. The molecular weight excluding hydrogens is 725 g/mol. The van der Waals surface area contributed by atoms with Gasteiger partial charge in [0.05, 0.1) is 50.6 Å². The van der Waals surface area contributed by atoms with E-state index in [0.29, 0.717) is 26.2 Å². The van der Waals surface area contributed by atoms with E-state index in [0.717, 1.165) is 51.4 Å². The number of rotatable bonds is 12. The fraction of sp³-hybridized carbons (Fsp3) is 0.833. The molecule has 4 saturated heterocycles. The largest absolute Gasteiger partial charge is 0.680 e. The highest BCUT2D eigenvalue weighted by atomic mass is 28.4. The second-order valence-corrected chi connectivity index (χ2v) is 24.7. The maximum Gasteiger partial charge on any atom is 0.680 e. The van der Waals surface area contributed by atoms with Crippen LogP contribution in [0.15, 0.2) is 0 Å². The molecule has 4 rings (SSSR count). The van der Waals surface area contributed by atoms with Crippen molar-refractivity contribution in [2.75, 3.05) is 26.2 Å². The molecular formula is C48H80N4O4Si. The highest BCUT2D eigenvalue weighted by Crippen LogP contribution is 2.47. The zero-order valence-corrected chi connectivity index (χ0v) is 40.0. The average molecular weight is 805 g/mol. The predicted octanol–water partition coefficient (Wildman–Crippen LogP) is 8.11. The summed E-state index contributed by atoms with van der Waals surface area (Å²) in [6.07, 6.45) is 29.1. The van der Waals surface area contributed by atoms with E-state index in [-0.39, 0.29) is 68.7 Å². The molecule has 0 aromatic heterocycles. The van der Waals surface area contributed by atoms with Gasteiger partial charge in [0.2, 0.25) is 0 Å². The van der Waals surface area contributed by atoms with Gasteiger partial charge in [-0.05, 0) is 162 Å². The SMILES string of the molecule is C#CCN1C(C)(C)CC(O[Si](OC2CC(C)(C)N(CC#C)C(C)(C)C2)(OC2CC(C)(C)N(CC#C)C(C)(C)C2)OC2CC(C)(C)N(CC#C)C(C)(C)C2)CC1(C)C. The number of likely N-dealkylation sites (tertiary alicyclic amines) is 4. The summed E-state index contributed by atoms with van der Waals surface area (Å²) in [6.45, 7) is 38.7. The normalized spacial score (nSPS) is 28.1. The van der Waals surface area contributed by atoms with Crippen LogP contribution in [0.2, 0.25) is 0 Å². The van der Waals surface area contributed by atoms with Gasteiger partial charge in [-0.15, -0.1) is 25.7 Å². The van der Waals surface area contributed by atoms with Gasteiger partial charge in [-0.25, -0.2) is 0 Å². The quantitative estimate of drug-likeness (QED) is 0.145. The molecule has 0 atom stereocenters. The molecule has 0 bridgehead atoms. The van der Waals surface area contributed by atoms with E-state index >= 15 is 0 Å². The number of nitrogens with zero attached hydrogens (tertiary/aromatic N) is 4. The molecule has 0 aliphatic carbocycles. The molecule has 9 heteroatoms. The Morgan fingerprint density at radius 2 is 0.491 bits per heavy atom. The first kappa shape index (κ1) is 47.8. The van der Waals surface area contributed by atoms with E-state index in [1.165, 1.54) is 0 Å². The molecule has 0 radical (unpaired) electrons. The Labute approximate surface area is 351 Å². The van der Waals surface area contributed by atoms with Crippen LogP contribution in [0.25, 0.3) is 0 Å². The predicted molar refractivity (Wildman–Crippen MR) is 237 cm³/mol. The van der Waals surface area contributed by atoms with Crippen molar-refractivity contribution in [2.24, 2.45) is 0 Å². The van der Waals surface area contributed by atoms with E-state index in [9.17, 15) is 0 Å². The summed E-state index contributed by atoms with van der Waals surface area (Å²) in [5.41, 5.74) is -1.90. The summed E-state index contributed by atoms with van der Waals surface area (Å²) in [6, 6.07) is 0. The van der Waals surface area contributed by atoms with Gasteiger partial charge in [0.25, 0.3) is 0 Å². The van der Waals surface area contributed by atoms with Gasteiger partial charge in [-0.1, -0.05) is 23.7 Å². The molecule has 57 heavy (non-hydrogen) atoms. The minimum atomic E-state index is -4.04. The van der Waals surface area contributed by atoms with Crippen molar-refractivity contribution in [1.82, 2.24) is 19.6 Å². The molecule has 0 unspecified atom stereocenters. The van der Waals surface area contributed by atoms with Crippen LogP contribution >= 0.6 is 0 Å². The maximum absolute atomic E-state index is 7.67. The van der Waals surface area contributed by atoms with Crippen LogP contribution < -0.4 is 0 Å². The Morgan fingerprint density at radius 1 is 0.351 bits per heavy atom. The Morgan fingerprint density at radius 3 is 0.614 bits per heavy atom. The Bertz CT molecular complexity index is 1290. The van der Waals surface area contributed by atoms with Gasteiger partial charge in [-0.2, -0.15) is 0 Å². The lowest BCUT2D eigenvalue weighted by atomic mass is 9.78. The molecule has 0 aromatic rings. The van der Waals surface area contributed by atoms with Crippen molar-refractivity contribution in [3.63, 3.8) is 0 Å². The van der Waals surface area contributed by atoms with Crippen LogP contribution in [0.4, 0.5) is 0 Å². The van der Waals surface area contributed by atoms with Gasteiger partial charge in [0.1, 0.15) is 0 Å². The number of hydrogen-bond donors (Lipinski definition) is 0. The standard InChI is InChI=1S/C48H80N4O4Si/c1-21-25-49-41(5,6)29-37(30-42(49,7)8)53-57(54-38-31-43(9,10)50(26-22-2)44(11,12)32-38,55-39-33-45(13,14)51(27-23-3)46(15,16)34-39)56-40-35-47(17,18)52(28-24-4)48(19,20)36-40/h1-4,37-40H,25-36H2,5-20H3. The first-order chi connectivity index (χ1) is 25.9. The minimum Gasteiger partial charge on any atom is -0.348 e. The number of piperidine rings is 4. The molecule has 4 aliphatic heterocycles. The minimum absolute atomic E-state index is 0.191. The lowest BCUT2D eigenvalue weighted by molar-refractivity contribution is -0.178.